The summed E-state index contributed by atoms with van der Waals surface area (Å²) in [5.74, 6) is 3.71. The maximum Gasteiger partial charge on any atom is 0.443 e. The molecule has 21 heavy (non-hydrogen) atoms. The van der Waals surface area contributed by atoms with E-state index in [1.807, 2.05) is 0 Å². The molecule has 0 spiro atoms. The number of rotatable bonds is 4. The summed E-state index contributed by atoms with van der Waals surface area (Å²) < 4.78 is 64.6. The van der Waals surface area contributed by atoms with E-state index in [9.17, 15) is 22.0 Å². The Bertz CT molecular complexity index is 605. The molecule has 0 fully saturated rings. The van der Waals surface area contributed by atoms with Crippen LogP contribution in [0.25, 0.3) is 0 Å². The molecule has 3 nitrogen and oxygen atoms in total. The van der Waals surface area contributed by atoms with E-state index in [1.54, 1.807) is 0 Å². The summed E-state index contributed by atoms with van der Waals surface area (Å²) in [6.07, 6.45) is -3.80. The van der Waals surface area contributed by atoms with Crippen LogP contribution in [0.1, 0.15) is 21.5 Å². The molecule has 0 radical (unpaired) electrons. The second kappa shape index (κ2) is 6.04. The van der Waals surface area contributed by atoms with Gasteiger partial charge in [-0.05, 0) is 18.6 Å². The maximum absolute atomic E-state index is 13.6. The minimum atomic E-state index is -4.56. The number of nitrogens with one attached hydrogen (secondary N) is 1. The van der Waals surface area contributed by atoms with Crippen molar-refractivity contribution in [1.82, 2.24) is 10.4 Å². The van der Waals surface area contributed by atoms with Crippen molar-refractivity contribution in [3.05, 3.63) is 51.5 Å². The lowest BCUT2D eigenvalue weighted by Gasteiger charge is -2.14. The predicted octanol–water partition coefficient (Wildman–Crippen LogP) is 3.19. The summed E-state index contributed by atoms with van der Waals surface area (Å²) in [4.78, 5) is 3.40. The van der Waals surface area contributed by atoms with Crippen molar-refractivity contribution in [3.63, 3.8) is 0 Å². The second-order valence-electron chi connectivity index (χ2n) is 4.19. The Morgan fingerprint density at radius 3 is 2.33 bits per heavy atom. The van der Waals surface area contributed by atoms with Crippen molar-refractivity contribution in [2.24, 2.45) is 5.84 Å². The van der Waals surface area contributed by atoms with Gasteiger partial charge in [0.2, 0.25) is 0 Å². The summed E-state index contributed by atoms with van der Waals surface area (Å²) in [5, 5.41) is -1.04. The van der Waals surface area contributed by atoms with Crippen molar-refractivity contribution < 1.29 is 22.0 Å². The highest BCUT2D eigenvalue weighted by Crippen LogP contribution is 2.35. The Labute approximate surface area is 120 Å². The first kappa shape index (κ1) is 15.8. The fraction of sp³-hybridized carbons (Fsp3) is 0.250. The third-order valence-corrected chi connectivity index (χ3v) is 3.94. The number of aromatic nitrogens is 1. The van der Waals surface area contributed by atoms with Crippen LogP contribution in [0.2, 0.25) is 0 Å². The number of hydrogen-bond acceptors (Lipinski definition) is 4. The highest BCUT2D eigenvalue weighted by Gasteiger charge is 2.35. The number of hydrogen-bond donors (Lipinski definition) is 2. The molecule has 1 aromatic heterocycles. The molecule has 0 amide bonds. The SMILES string of the molecule is NNC(Cc1c(F)cccc1F)c1cnc(C(F)(F)F)s1. The number of nitrogens with zero attached hydrogens (tertiary/aromatic N) is 1. The van der Waals surface area contributed by atoms with E-state index in [-0.39, 0.29) is 16.9 Å². The molecule has 1 atom stereocenters. The number of benzene rings is 1. The Kier molecular flexibility index (Phi) is 4.55. The molecule has 3 N–H and O–H groups in total. The molecule has 2 aromatic rings. The Morgan fingerprint density at radius 1 is 1.24 bits per heavy atom. The third kappa shape index (κ3) is 3.55. The number of halogens is 5. The average Bonchev–Trinajstić information content (AvgIpc) is 2.88. The van der Waals surface area contributed by atoms with Gasteiger partial charge < -0.3 is 0 Å². The highest BCUT2D eigenvalue weighted by molar-refractivity contribution is 7.11. The molecule has 0 saturated carbocycles. The van der Waals surface area contributed by atoms with E-state index >= 15 is 0 Å². The van der Waals surface area contributed by atoms with Gasteiger partial charge in [0, 0.05) is 16.6 Å². The topological polar surface area (TPSA) is 50.9 Å². The molecule has 0 aliphatic carbocycles. The Hall–Kier alpha value is -1.58. The molecule has 0 aliphatic heterocycles. The van der Waals surface area contributed by atoms with Gasteiger partial charge in [-0.1, -0.05) is 6.07 Å². The summed E-state index contributed by atoms with van der Waals surface area (Å²) in [5.41, 5.74) is 2.01. The molecule has 1 aromatic carbocycles. The average molecular weight is 323 g/mol. The minimum Gasteiger partial charge on any atom is -0.271 e. The molecular formula is C12H10F5N3S. The van der Waals surface area contributed by atoms with E-state index in [2.05, 4.69) is 10.4 Å². The van der Waals surface area contributed by atoms with E-state index < -0.39 is 28.9 Å². The first-order valence-corrected chi connectivity index (χ1v) is 6.56. The van der Waals surface area contributed by atoms with Gasteiger partial charge in [0.1, 0.15) is 11.6 Å². The molecule has 0 aliphatic rings. The van der Waals surface area contributed by atoms with Crippen LogP contribution in [-0.2, 0) is 12.6 Å². The molecule has 9 heteroatoms. The monoisotopic (exact) mass is 323 g/mol. The number of alkyl halides is 3. The second-order valence-corrected chi connectivity index (χ2v) is 5.25. The molecule has 1 heterocycles. The zero-order valence-corrected chi connectivity index (χ0v) is 11.2. The maximum atomic E-state index is 13.6. The van der Waals surface area contributed by atoms with Crippen molar-refractivity contribution in [3.8, 4) is 0 Å². The molecule has 1 unspecified atom stereocenters. The van der Waals surface area contributed by atoms with Crippen LogP contribution in [0.3, 0.4) is 0 Å². The van der Waals surface area contributed by atoms with Crippen molar-refractivity contribution in [1.29, 1.82) is 0 Å². The summed E-state index contributed by atoms with van der Waals surface area (Å²) in [7, 11) is 0. The smallest absolute Gasteiger partial charge is 0.271 e. The van der Waals surface area contributed by atoms with Crippen LogP contribution in [0.4, 0.5) is 22.0 Å². The summed E-state index contributed by atoms with van der Waals surface area (Å²) in [6.45, 7) is 0. The number of thiazole rings is 1. The van der Waals surface area contributed by atoms with E-state index in [4.69, 9.17) is 5.84 Å². The van der Waals surface area contributed by atoms with Gasteiger partial charge in [0.05, 0.1) is 6.04 Å². The van der Waals surface area contributed by atoms with E-state index in [0.29, 0.717) is 11.3 Å². The molecule has 2 rings (SSSR count). The summed E-state index contributed by atoms with van der Waals surface area (Å²) in [6, 6.07) is 2.47. The minimum absolute atomic E-state index is 0.146. The lowest BCUT2D eigenvalue weighted by Crippen LogP contribution is -2.29. The van der Waals surface area contributed by atoms with Crippen LogP contribution < -0.4 is 11.3 Å². The number of hydrazine groups is 1. The van der Waals surface area contributed by atoms with Gasteiger partial charge in [-0.3, -0.25) is 11.3 Å². The largest absolute Gasteiger partial charge is 0.443 e. The highest BCUT2D eigenvalue weighted by atomic mass is 32.1. The van der Waals surface area contributed by atoms with Gasteiger partial charge >= 0.3 is 6.18 Å². The van der Waals surface area contributed by atoms with Gasteiger partial charge in [0.25, 0.3) is 0 Å². The van der Waals surface area contributed by atoms with Gasteiger partial charge in [-0.15, -0.1) is 11.3 Å². The quantitative estimate of drug-likeness (QED) is 0.516. The van der Waals surface area contributed by atoms with Gasteiger partial charge in [-0.25, -0.2) is 13.8 Å². The molecule has 0 saturated heterocycles. The molecule has 0 bridgehead atoms. The van der Waals surface area contributed by atoms with Crippen LogP contribution in [0, 0.1) is 11.6 Å². The first-order chi connectivity index (χ1) is 9.82. The Morgan fingerprint density at radius 2 is 1.86 bits per heavy atom. The molecule has 114 valence electrons. The molecular weight excluding hydrogens is 313 g/mol. The third-order valence-electron chi connectivity index (χ3n) is 2.78. The Balaban J connectivity index is 2.26. The van der Waals surface area contributed by atoms with E-state index in [1.165, 1.54) is 6.07 Å². The predicted molar refractivity (Wildman–Crippen MR) is 67.2 cm³/mol. The lowest BCUT2D eigenvalue weighted by atomic mass is 10.0. The van der Waals surface area contributed by atoms with Crippen molar-refractivity contribution in [2.75, 3.05) is 0 Å². The summed E-state index contributed by atoms with van der Waals surface area (Å²) >= 11 is 0.380. The van der Waals surface area contributed by atoms with Crippen LogP contribution in [0.15, 0.2) is 24.4 Å². The van der Waals surface area contributed by atoms with Crippen molar-refractivity contribution >= 4 is 11.3 Å². The zero-order chi connectivity index (χ0) is 15.6. The van der Waals surface area contributed by atoms with Crippen LogP contribution in [-0.4, -0.2) is 4.98 Å². The van der Waals surface area contributed by atoms with Crippen LogP contribution >= 0.6 is 11.3 Å². The fourth-order valence-corrected chi connectivity index (χ4v) is 2.60. The van der Waals surface area contributed by atoms with Gasteiger partial charge in [0.15, 0.2) is 5.01 Å². The zero-order valence-electron chi connectivity index (χ0n) is 10.4. The first-order valence-electron chi connectivity index (χ1n) is 5.75. The standard InChI is InChI=1S/C12H10F5N3S/c13-7-2-1-3-8(14)6(7)4-9(20-18)10-5-19-11(21-10)12(15,16)17/h1-3,5,9,20H,4,18H2. The normalized spacial score (nSPS) is 13.4. The van der Waals surface area contributed by atoms with E-state index in [0.717, 1.165) is 18.3 Å². The van der Waals surface area contributed by atoms with Crippen molar-refractivity contribution in [2.45, 2.75) is 18.6 Å². The fourth-order valence-electron chi connectivity index (χ4n) is 1.75. The van der Waals surface area contributed by atoms with Crippen LogP contribution in [0.5, 0.6) is 0 Å². The number of nitrogens with two attached hydrogens (primary N) is 1. The van der Waals surface area contributed by atoms with Gasteiger partial charge in [-0.2, -0.15) is 13.2 Å². The lowest BCUT2D eigenvalue weighted by molar-refractivity contribution is -0.137.